The van der Waals surface area contributed by atoms with Crippen LogP contribution < -0.4 is 5.32 Å². The molecule has 0 aliphatic rings. The summed E-state index contributed by atoms with van der Waals surface area (Å²) < 4.78 is 5.52. The lowest BCUT2D eigenvalue weighted by atomic mass is 10.0. The van der Waals surface area contributed by atoms with E-state index in [4.69, 9.17) is 4.74 Å². The first kappa shape index (κ1) is 93.1. The van der Waals surface area contributed by atoms with E-state index in [0.29, 0.717) is 19.4 Å². The van der Waals surface area contributed by atoms with E-state index in [-0.39, 0.29) is 18.5 Å². The first-order chi connectivity index (χ1) is 47.0. The highest BCUT2D eigenvalue weighted by Gasteiger charge is 2.18. The second kappa shape index (κ2) is 84.5. The number of aliphatic hydroxyl groups excluding tert-OH is 2. The van der Waals surface area contributed by atoms with Gasteiger partial charge in [-0.15, -0.1) is 0 Å². The van der Waals surface area contributed by atoms with E-state index < -0.39 is 12.1 Å². The third-order valence-corrected chi connectivity index (χ3v) is 20.6. The van der Waals surface area contributed by atoms with Crippen molar-refractivity contribution in [1.82, 2.24) is 5.32 Å². The number of carbonyl (C=O) groups excluding carboxylic acids is 2. The maximum Gasteiger partial charge on any atom is 0.305 e. The van der Waals surface area contributed by atoms with Crippen LogP contribution in [0, 0.1) is 0 Å². The normalized spacial score (nSPS) is 12.6. The Hall–Kier alpha value is -1.92. The average Bonchev–Trinajstić information content (AvgIpc) is 2.96. The zero-order valence-corrected chi connectivity index (χ0v) is 64.7. The van der Waals surface area contributed by atoms with Crippen molar-refractivity contribution in [2.45, 2.75) is 508 Å². The van der Waals surface area contributed by atoms with Crippen molar-refractivity contribution in [3.63, 3.8) is 0 Å². The predicted molar refractivity (Wildman–Crippen MR) is 421 cm³/mol. The van der Waals surface area contributed by atoms with Crippen molar-refractivity contribution in [3.8, 4) is 0 Å². The third kappa shape index (κ3) is 80.9. The number of hydrogen-bond donors (Lipinski definition) is 3. The lowest BCUT2D eigenvalue weighted by Crippen LogP contribution is -2.45. The molecule has 6 nitrogen and oxygen atoms in total. The number of nitrogens with one attached hydrogen (secondary N) is 1. The minimum absolute atomic E-state index is 0.0229. The molecule has 0 fully saturated rings. The summed E-state index contributed by atoms with van der Waals surface area (Å²) in [6.07, 6.45) is 112. The molecule has 0 spiro atoms. The smallest absolute Gasteiger partial charge is 0.305 e. The molecule has 1 amide bonds. The van der Waals surface area contributed by atoms with Gasteiger partial charge in [-0.1, -0.05) is 436 Å². The number of aliphatic hydroxyl groups is 2. The highest BCUT2D eigenvalue weighted by atomic mass is 16.5. The van der Waals surface area contributed by atoms with E-state index in [1.54, 1.807) is 6.08 Å². The minimum atomic E-state index is -0.843. The van der Waals surface area contributed by atoms with Gasteiger partial charge >= 0.3 is 5.97 Å². The molecule has 6 heteroatoms. The highest BCUT2D eigenvalue weighted by Crippen LogP contribution is 2.20. The Balaban J connectivity index is 3.33. The van der Waals surface area contributed by atoms with Crippen LogP contribution in [0.15, 0.2) is 36.5 Å². The summed E-state index contributed by atoms with van der Waals surface area (Å²) in [5.74, 6) is -0.0360. The van der Waals surface area contributed by atoms with Crippen molar-refractivity contribution < 1.29 is 24.5 Å². The molecule has 3 N–H and O–H groups in total. The van der Waals surface area contributed by atoms with Gasteiger partial charge in [0, 0.05) is 12.8 Å². The molecule has 0 aliphatic heterocycles. The molecule has 0 bridgehead atoms. The van der Waals surface area contributed by atoms with Crippen molar-refractivity contribution >= 4 is 11.9 Å². The lowest BCUT2D eigenvalue weighted by Gasteiger charge is -2.20. The molecule has 562 valence electrons. The van der Waals surface area contributed by atoms with Crippen LogP contribution in [0.4, 0.5) is 0 Å². The van der Waals surface area contributed by atoms with Crippen molar-refractivity contribution in [1.29, 1.82) is 0 Å². The van der Waals surface area contributed by atoms with Crippen LogP contribution in [0.1, 0.15) is 495 Å². The van der Waals surface area contributed by atoms with E-state index in [1.165, 1.54) is 430 Å². The fourth-order valence-corrected chi connectivity index (χ4v) is 14.0. The molecule has 2 unspecified atom stereocenters. The molecule has 0 heterocycles. The van der Waals surface area contributed by atoms with Crippen LogP contribution in [0.2, 0.25) is 0 Å². The summed E-state index contributed by atoms with van der Waals surface area (Å²) in [5.41, 5.74) is 0. The molecular weight excluding hydrogens is 1160 g/mol. The number of rotatable bonds is 83. The van der Waals surface area contributed by atoms with Crippen LogP contribution >= 0.6 is 0 Å². The van der Waals surface area contributed by atoms with Gasteiger partial charge in [0.2, 0.25) is 5.91 Å². The minimum Gasteiger partial charge on any atom is -0.466 e. The number of allylic oxidation sites excluding steroid dienone is 5. The summed E-state index contributed by atoms with van der Waals surface area (Å²) in [4.78, 5) is 24.7. The van der Waals surface area contributed by atoms with Gasteiger partial charge in [-0.05, 0) is 83.5 Å². The number of amides is 1. The number of esters is 1. The summed E-state index contributed by atoms with van der Waals surface area (Å²) >= 11 is 0. The second-order valence-corrected chi connectivity index (χ2v) is 30.2. The van der Waals surface area contributed by atoms with Gasteiger partial charge in [0.05, 0.1) is 25.4 Å². The van der Waals surface area contributed by atoms with Crippen LogP contribution in [-0.2, 0) is 14.3 Å². The largest absolute Gasteiger partial charge is 0.466 e. The first-order valence-electron chi connectivity index (χ1n) is 43.8. The molecule has 0 aromatic rings. The molecule has 0 saturated heterocycles. The molecule has 0 aromatic carbocycles. The van der Waals surface area contributed by atoms with E-state index in [0.717, 1.165) is 38.5 Å². The molecule has 0 aromatic heterocycles. The van der Waals surface area contributed by atoms with E-state index in [1.807, 2.05) is 6.08 Å². The van der Waals surface area contributed by atoms with Crippen LogP contribution in [0.5, 0.6) is 0 Å². The molecule has 2 atom stereocenters. The maximum absolute atomic E-state index is 12.5. The van der Waals surface area contributed by atoms with Crippen LogP contribution in [-0.4, -0.2) is 47.4 Å². The van der Waals surface area contributed by atoms with Gasteiger partial charge in [0.1, 0.15) is 0 Å². The second-order valence-electron chi connectivity index (χ2n) is 30.2. The van der Waals surface area contributed by atoms with Crippen LogP contribution in [0.25, 0.3) is 0 Å². The fourth-order valence-electron chi connectivity index (χ4n) is 14.0. The Morgan fingerprint density at radius 2 is 0.495 bits per heavy atom. The average molecular weight is 1340 g/mol. The summed E-state index contributed by atoms with van der Waals surface area (Å²) in [6.45, 7) is 4.96. The predicted octanol–water partition coefficient (Wildman–Crippen LogP) is 29.3. The summed E-state index contributed by atoms with van der Waals surface area (Å²) in [5, 5.41) is 23.3. The van der Waals surface area contributed by atoms with Gasteiger partial charge in [-0.2, -0.15) is 0 Å². The lowest BCUT2D eigenvalue weighted by molar-refractivity contribution is -0.143. The molecular formula is C89H171NO5. The van der Waals surface area contributed by atoms with Crippen molar-refractivity contribution in [3.05, 3.63) is 36.5 Å². The van der Waals surface area contributed by atoms with Gasteiger partial charge in [-0.3, -0.25) is 9.59 Å². The van der Waals surface area contributed by atoms with Crippen molar-refractivity contribution in [2.75, 3.05) is 13.2 Å². The number of unbranched alkanes of at least 4 members (excludes halogenated alkanes) is 68. The van der Waals surface area contributed by atoms with E-state index >= 15 is 0 Å². The van der Waals surface area contributed by atoms with Gasteiger partial charge in [0.15, 0.2) is 0 Å². The quantitative estimate of drug-likeness (QED) is 0.0320. The Morgan fingerprint density at radius 1 is 0.284 bits per heavy atom. The zero-order valence-electron chi connectivity index (χ0n) is 64.7. The van der Waals surface area contributed by atoms with Gasteiger partial charge in [-0.25, -0.2) is 0 Å². The van der Waals surface area contributed by atoms with E-state index in [9.17, 15) is 19.8 Å². The Morgan fingerprint density at radius 3 is 0.747 bits per heavy atom. The SMILES string of the molecule is CCCCCCCC/C=C\CCCCCCCCCCCC(=O)OCCCCCCCCCCCCCCCCCCCC/C=C\CCCCCCCCCCCCCCCCCCCC(=O)NC(CO)C(O)/C=C/CCCCCCCCCCCCCCCCCCCC. The number of carbonyl (C=O) groups is 2. The third-order valence-electron chi connectivity index (χ3n) is 20.6. The molecule has 0 aliphatic carbocycles. The molecule has 0 radical (unpaired) electrons. The van der Waals surface area contributed by atoms with Gasteiger partial charge < -0.3 is 20.3 Å². The fraction of sp³-hybridized carbons (Fsp3) is 0.910. The van der Waals surface area contributed by atoms with Gasteiger partial charge in [0.25, 0.3) is 0 Å². The Labute approximate surface area is 595 Å². The summed E-state index contributed by atoms with van der Waals surface area (Å²) in [6, 6.07) is -0.626. The topological polar surface area (TPSA) is 95.9 Å². The maximum atomic E-state index is 12.5. The molecule has 0 saturated carbocycles. The zero-order chi connectivity index (χ0) is 68.4. The molecule has 0 rings (SSSR count). The highest BCUT2D eigenvalue weighted by molar-refractivity contribution is 5.76. The van der Waals surface area contributed by atoms with Crippen LogP contribution in [0.3, 0.4) is 0 Å². The van der Waals surface area contributed by atoms with Crippen molar-refractivity contribution in [2.24, 2.45) is 0 Å². The Kier molecular flexibility index (Phi) is 82.8. The number of hydrogen-bond acceptors (Lipinski definition) is 5. The molecule has 95 heavy (non-hydrogen) atoms. The van der Waals surface area contributed by atoms with E-state index in [2.05, 4.69) is 43.5 Å². The monoisotopic (exact) mass is 1330 g/mol. The first-order valence-corrected chi connectivity index (χ1v) is 43.8. The Bertz CT molecular complexity index is 1540. The number of ether oxygens (including phenoxy) is 1. The standard InChI is InChI=1S/C89H171NO5/c1-3-5-7-9-11-13-15-17-19-21-23-46-49-53-57-61-65-69-73-77-81-87(92)86(85-91)90-88(93)82-78-74-70-66-62-58-54-50-47-43-41-39-37-35-33-31-29-27-25-24-26-28-30-32-34-36-38-40-42-44-48-52-56-60-64-68-72-76-80-84-95-89(94)83-79-75-71-67-63-59-55-51-45-22-20-18-16-14-12-10-8-6-4-2/h18,20,24-25,77,81,86-87,91-92H,3-17,19,21-23,26-76,78-80,82-85H2,1-2H3,(H,90,93)/b20-18-,25-24-,81-77+. The summed E-state index contributed by atoms with van der Waals surface area (Å²) in [7, 11) is 0.